The topological polar surface area (TPSA) is 12.0 Å². The second kappa shape index (κ2) is 7.81. The van der Waals surface area contributed by atoms with E-state index in [-0.39, 0.29) is 11.9 Å². The van der Waals surface area contributed by atoms with Crippen LogP contribution in [0.1, 0.15) is 36.9 Å². The van der Waals surface area contributed by atoms with E-state index in [4.69, 9.17) is 0 Å². The molecule has 0 heterocycles. The fraction of sp³-hybridized carbons (Fsp3) is 0.333. The summed E-state index contributed by atoms with van der Waals surface area (Å²) >= 11 is 0. The van der Waals surface area contributed by atoms with Crippen LogP contribution in [-0.2, 0) is 6.42 Å². The molecule has 0 aliphatic rings. The summed E-state index contributed by atoms with van der Waals surface area (Å²) in [6.07, 6.45) is 3.37. The summed E-state index contributed by atoms with van der Waals surface area (Å²) in [7, 11) is 0. The molecule has 0 radical (unpaired) electrons. The standard InChI is InChI=1S/C18H22FN/c1-15(17-12-5-6-13-18(17)19)20-14-8-7-11-16-9-3-2-4-10-16/h2-6,9-10,12-13,15,20H,7-8,11,14H2,1H3/t15-/m1/s1. The lowest BCUT2D eigenvalue weighted by molar-refractivity contribution is 0.515. The van der Waals surface area contributed by atoms with Gasteiger partial charge in [0.1, 0.15) is 5.82 Å². The molecule has 2 aromatic carbocycles. The van der Waals surface area contributed by atoms with Crippen LogP contribution in [0.3, 0.4) is 0 Å². The van der Waals surface area contributed by atoms with Crippen molar-refractivity contribution < 1.29 is 4.39 Å². The zero-order chi connectivity index (χ0) is 14.2. The number of benzene rings is 2. The van der Waals surface area contributed by atoms with Gasteiger partial charge in [0.25, 0.3) is 0 Å². The number of hydrogen-bond donors (Lipinski definition) is 1. The summed E-state index contributed by atoms with van der Waals surface area (Å²) in [5.41, 5.74) is 2.13. The van der Waals surface area contributed by atoms with E-state index in [0.29, 0.717) is 0 Å². The lowest BCUT2D eigenvalue weighted by Crippen LogP contribution is -2.20. The van der Waals surface area contributed by atoms with E-state index in [0.717, 1.165) is 31.4 Å². The summed E-state index contributed by atoms with van der Waals surface area (Å²) in [6, 6.07) is 17.6. The molecule has 1 nitrogen and oxygen atoms in total. The first-order valence-electron chi connectivity index (χ1n) is 7.29. The van der Waals surface area contributed by atoms with Crippen molar-refractivity contribution in [2.45, 2.75) is 32.2 Å². The molecule has 2 heteroatoms. The minimum Gasteiger partial charge on any atom is -0.310 e. The van der Waals surface area contributed by atoms with Gasteiger partial charge in [0, 0.05) is 11.6 Å². The molecule has 0 unspecified atom stereocenters. The Morgan fingerprint density at radius 3 is 2.40 bits per heavy atom. The predicted molar refractivity (Wildman–Crippen MR) is 82.2 cm³/mol. The maximum absolute atomic E-state index is 13.6. The van der Waals surface area contributed by atoms with Crippen LogP contribution >= 0.6 is 0 Å². The molecule has 1 atom stereocenters. The first kappa shape index (κ1) is 14.7. The van der Waals surface area contributed by atoms with E-state index in [1.54, 1.807) is 6.07 Å². The first-order valence-corrected chi connectivity index (χ1v) is 7.29. The van der Waals surface area contributed by atoms with Crippen molar-refractivity contribution in [1.29, 1.82) is 0 Å². The average Bonchev–Trinajstić information content (AvgIpc) is 2.48. The largest absolute Gasteiger partial charge is 0.310 e. The van der Waals surface area contributed by atoms with Gasteiger partial charge < -0.3 is 5.32 Å². The Hall–Kier alpha value is -1.67. The maximum Gasteiger partial charge on any atom is 0.127 e. The highest BCUT2D eigenvalue weighted by Crippen LogP contribution is 2.16. The second-order valence-electron chi connectivity index (χ2n) is 5.14. The predicted octanol–water partition coefficient (Wildman–Crippen LogP) is 4.50. The lowest BCUT2D eigenvalue weighted by atomic mass is 10.1. The number of aryl methyl sites for hydroxylation is 1. The normalized spacial score (nSPS) is 12.3. The quantitative estimate of drug-likeness (QED) is 0.731. The van der Waals surface area contributed by atoms with Crippen LogP contribution in [0.4, 0.5) is 4.39 Å². The Kier molecular flexibility index (Phi) is 5.75. The minimum atomic E-state index is -0.128. The highest BCUT2D eigenvalue weighted by molar-refractivity contribution is 5.20. The van der Waals surface area contributed by atoms with Gasteiger partial charge in [-0.15, -0.1) is 0 Å². The van der Waals surface area contributed by atoms with Crippen molar-refractivity contribution in [2.24, 2.45) is 0 Å². The molecule has 0 aliphatic heterocycles. The van der Waals surface area contributed by atoms with Gasteiger partial charge in [-0.1, -0.05) is 48.5 Å². The highest BCUT2D eigenvalue weighted by Gasteiger charge is 2.08. The average molecular weight is 271 g/mol. The molecule has 20 heavy (non-hydrogen) atoms. The molecule has 0 saturated heterocycles. The Balaban J connectivity index is 1.67. The molecule has 2 rings (SSSR count). The SMILES string of the molecule is C[C@@H](NCCCCc1ccccc1)c1ccccc1F. The van der Waals surface area contributed by atoms with Gasteiger partial charge in [0.05, 0.1) is 0 Å². The molecule has 2 aromatic rings. The first-order chi connectivity index (χ1) is 9.77. The Morgan fingerprint density at radius 1 is 0.950 bits per heavy atom. The van der Waals surface area contributed by atoms with Crippen molar-refractivity contribution in [2.75, 3.05) is 6.54 Å². The fourth-order valence-electron chi connectivity index (χ4n) is 2.35. The van der Waals surface area contributed by atoms with Crippen LogP contribution in [-0.4, -0.2) is 6.54 Å². The zero-order valence-corrected chi connectivity index (χ0v) is 12.0. The molecule has 1 N–H and O–H groups in total. The molecular formula is C18H22FN. The van der Waals surface area contributed by atoms with Gasteiger partial charge in [-0.2, -0.15) is 0 Å². The highest BCUT2D eigenvalue weighted by atomic mass is 19.1. The van der Waals surface area contributed by atoms with Crippen molar-refractivity contribution in [3.05, 3.63) is 71.5 Å². The van der Waals surface area contributed by atoms with E-state index in [2.05, 4.69) is 29.6 Å². The van der Waals surface area contributed by atoms with E-state index < -0.39 is 0 Å². The summed E-state index contributed by atoms with van der Waals surface area (Å²) in [6.45, 7) is 2.93. The van der Waals surface area contributed by atoms with Crippen molar-refractivity contribution in [3.8, 4) is 0 Å². The Bertz CT molecular complexity index is 510. The number of hydrogen-bond acceptors (Lipinski definition) is 1. The van der Waals surface area contributed by atoms with E-state index in [1.165, 1.54) is 11.6 Å². The van der Waals surface area contributed by atoms with Crippen molar-refractivity contribution >= 4 is 0 Å². The van der Waals surface area contributed by atoms with Crippen molar-refractivity contribution in [1.82, 2.24) is 5.32 Å². The smallest absolute Gasteiger partial charge is 0.127 e. The van der Waals surface area contributed by atoms with Crippen LogP contribution in [0.2, 0.25) is 0 Å². The van der Waals surface area contributed by atoms with Gasteiger partial charge >= 0.3 is 0 Å². The van der Waals surface area contributed by atoms with E-state index in [9.17, 15) is 4.39 Å². The summed E-state index contributed by atoms with van der Waals surface area (Å²) < 4.78 is 13.6. The number of nitrogens with one attached hydrogen (secondary N) is 1. The molecular weight excluding hydrogens is 249 g/mol. The number of unbranched alkanes of at least 4 members (excludes halogenated alkanes) is 1. The van der Waals surface area contributed by atoms with Gasteiger partial charge in [-0.25, -0.2) is 4.39 Å². The lowest BCUT2D eigenvalue weighted by Gasteiger charge is -2.14. The monoisotopic (exact) mass is 271 g/mol. The molecule has 0 aromatic heterocycles. The van der Waals surface area contributed by atoms with Gasteiger partial charge in [-0.05, 0) is 44.4 Å². The van der Waals surface area contributed by atoms with Crippen LogP contribution < -0.4 is 5.32 Å². The molecule has 0 aliphatic carbocycles. The zero-order valence-electron chi connectivity index (χ0n) is 12.0. The van der Waals surface area contributed by atoms with Crippen molar-refractivity contribution in [3.63, 3.8) is 0 Å². The third-order valence-corrected chi connectivity index (χ3v) is 3.56. The van der Waals surface area contributed by atoms with Gasteiger partial charge in [0.15, 0.2) is 0 Å². The molecule has 0 bridgehead atoms. The fourth-order valence-corrected chi connectivity index (χ4v) is 2.35. The molecule has 106 valence electrons. The molecule has 0 amide bonds. The number of halogens is 1. The third kappa shape index (κ3) is 4.46. The van der Waals surface area contributed by atoms with E-state index in [1.807, 2.05) is 25.1 Å². The number of rotatable bonds is 7. The van der Waals surface area contributed by atoms with Crippen LogP contribution in [0.25, 0.3) is 0 Å². The summed E-state index contributed by atoms with van der Waals surface area (Å²) in [5, 5.41) is 3.39. The van der Waals surface area contributed by atoms with Crippen LogP contribution in [0.5, 0.6) is 0 Å². The Labute approximate surface area is 120 Å². The minimum absolute atomic E-state index is 0.0629. The molecule has 0 saturated carbocycles. The van der Waals surface area contributed by atoms with E-state index >= 15 is 0 Å². The Morgan fingerprint density at radius 2 is 1.65 bits per heavy atom. The third-order valence-electron chi connectivity index (χ3n) is 3.56. The summed E-state index contributed by atoms with van der Waals surface area (Å²) in [5.74, 6) is -0.128. The molecule has 0 spiro atoms. The maximum atomic E-state index is 13.6. The van der Waals surface area contributed by atoms with Crippen LogP contribution in [0, 0.1) is 5.82 Å². The molecule has 0 fully saturated rings. The van der Waals surface area contributed by atoms with Crippen LogP contribution in [0.15, 0.2) is 54.6 Å². The second-order valence-corrected chi connectivity index (χ2v) is 5.14. The van der Waals surface area contributed by atoms with Gasteiger partial charge in [0.2, 0.25) is 0 Å². The van der Waals surface area contributed by atoms with Gasteiger partial charge in [-0.3, -0.25) is 0 Å². The summed E-state index contributed by atoms with van der Waals surface area (Å²) in [4.78, 5) is 0.